The fourth-order valence-electron chi connectivity index (χ4n) is 2.59. The second-order valence-corrected chi connectivity index (χ2v) is 6.02. The summed E-state index contributed by atoms with van der Waals surface area (Å²) in [6, 6.07) is 7.94. The largest absolute Gasteiger partial charge is 0.497 e. The Hall–Kier alpha value is -1.33. The number of halogens is 1. The van der Waals surface area contributed by atoms with Gasteiger partial charge < -0.3 is 9.47 Å². The van der Waals surface area contributed by atoms with Gasteiger partial charge in [0.1, 0.15) is 11.4 Å². The lowest BCUT2D eigenvalue weighted by Gasteiger charge is -2.12. The quantitative estimate of drug-likeness (QED) is 0.824. The van der Waals surface area contributed by atoms with E-state index in [0.29, 0.717) is 13.2 Å². The predicted molar refractivity (Wildman–Crippen MR) is 84.4 cm³/mol. The Morgan fingerprint density at radius 1 is 1.19 bits per heavy atom. The van der Waals surface area contributed by atoms with Crippen LogP contribution in [0.15, 0.2) is 28.7 Å². The van der Waals surface area contributed by atoms with E-state index >= 15 is 0 Å². The minimum atomic E-state index is 0.534. The molecule has 0 bridgehead atoms. The maximum absolute atomic E-state index is 5.79. The highest BCUT2D eigenvalue weighted by atomic mass is 79.9. The van der Waals surface area contributed by atoms with Gasteiger partial charge in [0.25, 0.3) is 0 Å². The van der Waals surface area contributed by atoms with E-state index in [1.54, 1.807) is 7.11 Å². The summed E-state index contributed by atoms with van der Waals surface area (Å²) in [4.78, 5) is 0. The van der Waals surface area contributed by atoms with Gasteiger partial charge in [-0.3, -0.25) is 4.68 Å². The summed E-state index contributed by atoms with van der Waals surface area (Å²) >= 11 is 3.66. The molecule has 2 aromatic rings. The summed E-state index contributed by atoms with van der Waals surface area (Å²) in [5, 5.41) is 4.63. The Morgan fingerprint density at radius 3 is 2.71 bits per heavy atom. The van der Waals surface area contributed by atoms with Crippen molar-refractivity contribution in [3.05, 3.63) is 45.7 Å². The topological polar surface area (TPSA) is 36.3 Å². The van der Waals surface area contributed by atoms with Gasteiger partial charge in [-0.25, -0.2) is 0 Å². The molecule has 0 saturated heterocycles. The van der Waals surface area contributed by atoms with Crippen molar-refractivity contribution in [2.45, 2.75) is 39.0 Å². The molecular weight excluding hydrogens is 332 g/mol. The minimum Gasteiger partial charge on any atom is -0.497 e. The van der Waals surface area contributed by atoms with Gasteiger partial charge >= 0.3 is 0 Å². The fraction of sp³-hybridized carbons (Fsp3) is 0.438. The molecule has 4 nitrogen and oxygen atoms in total. The van der Waals surface area contributed by atoms with Gasteiger partial charge in [0.15, 0.2) is 0 Å². The third-order valence-corrected chi connectivity index (χ3v) is 4.68. The molecule has 0 atom stereocenters. The Kier molecular flexibility index (Phi) is 4.60. The van der Waals surface area contributed by atoms with Gasteiger partial charge in [0.05, 0.1) is 30.5 Å². The predicted octanol–water partition coefficient (Wildman–Crippen LogP) is 3.71. The van der Waals surface area contributed by atoms with Crippen LogP contribution >= 0.6 is 15.9 Å². The fourth-order valence-corrected chi connectivity index (χ4v) is 3.18. The summed E-state index contributed by atoms with van der Waals surface area (Å²) in [6.45, 7) is 2.14. The molecule has 1 aromatic heterocycles. The third kappa shape index (κ3) is 3.30. The van der Waals surface area contributed by atoms with Crippen LogP contribution in [0.4, 0.5) is 0 Å². The van der Waals surface area contributed by atoms with Crippen molar-refractivity contribution in [1.82, 2.24) is 9.78 Å². The van der Waals surface area contributed by atoms with E-state index in [2.05, 4.69) is 25.7 Å². The Labute approximate surface area is 133 Å². The summed E-state index contributed by atoms with van der Waals surface area (Å²) in [5.74, 6) is 0.864. The summed E-state index contributed by atoms with van der Waals surface area (Å²) < 4.78 is 14.2. The molecule has 0 spiro atoms. The normalized spacial score (nSPS) is 14.0. The van der Waals surface area contributed by atoms with Crippen LogP contribution in [0, 0.1) is 0 Å². The molecule has 2 heterocycles. The maximum atomic E-state index is 5.79. The molecule has 112 valence electrons. The highest BCUT2D eigenvalue weighted by Crippen LogP contribution is 2.27. The average molecular weight is 351 g/mol. The van der Waals surface area contributed by atoms with Crippen LogP contribution in [-0.2, 0) is 30.9 Å². The van der Waals surface area contributed by atoms with Crippen molar-refractivity contribution >= 4 is 15.9 Å². The second-order valence-electron chi connectivity index (χ2n) is 5.23. The smallest absolute Gasteiger partial charge is 0.118 e. The number of rotatable bonds is 5. The second kappa shape index (κ2) is 6.62. The first-order valence-electron chi connectivity index (χ1n) is 7.22. The van der Waals surface area contributed by atoms with Gasteiger partial charge in [0, 0.05) is 6.54 Å². The lowest BCUT2D eigenvalue weighted by atomic mass is 10.1. The molecule has 21 heavy (non-hydrogen) atoms. The van der Waals surface area contributed by atoms with E-state index in [0.717, 1.165) is 34.4 Å². The highest BCUT2D eigenvalue weighted by Gasteiger charge is 2.18. The van der Waals surface area contributed by atoms with Crippen LogP contribution in [-0.4, -0.2) is 16.9 Å². The molecule has 0 radical (unpaired) electrons. The number of aryl methyl sites for hydroxylation is 1. The van der Waals surface area contributed by atoms with E-state index in [4.69, 9.17) is 9.47 Å². The number of benzene rings is 1. The first-order chi connectivity index (χ1) is 10.3. The summed E-state index contributed by atoms with van der Waals surface area (Å²) in [6.07, 6.45) is 3.57. The van der Waals surface area contributed by atoms with Crippen molar-refractivity contribution in [1.29, 1.82) is 0 Å². The van der Waals surface area contributed by atoms with Crippen LogP contribution in [0.25, 0.3) is 0 Å². The molecule has 0 unspecified atom stereocenters. The number of ether oxygens (including phenoxy) is 2. The molecule has 3 rings (SSSR count). The number of fused-ring (bicyclic) bond motifs is 1. The number of methoxy groups -OCH3 is 1. The zero-order chi connectivity index (χ0) is 14.7. The molecule has 1 aromatic carbocycles. The van der Waals surface area contributed by atoms with Gasteiger partial charge in [-0.2, -0.15) is 5.10 Å². The first kappa shape index (κ1) is 14.6. The zero-order valence-corrected chi connectivity index (χ0v) is 13.7. The lowest BCUT2D eigenvalue weighted by molar-refractivity contribution is 0.103. The first-order valence-corrected chi connectivity index (χ1v) is 8.02. The Bertz CT molecular complexity index is 607. The summed E-state index contributed by atoms with van der Waals surface area (Å²) in [5.41, 5.74) is 3.45. The van der Waals surface area contributed by atoms with Crippen LogP contribution in [0.2, 0.25) is 0 Å². The van der Waals surface area contributed by atoms with E-state index in [-0.39, 0.29) is 0 Å². The lowest BCUT2D eigenvalue weighted by Crippen LogP contribution is -2.11. The average Bonchev–Trinajstić information content (AvgIpc) is 2.85. The van der Waals surface area contributed by atoms with Crippen LogP contribution in [0.1, 0.15) is 29.8 Å². The number of hydrogen-bond acceptors (Lipinski definition) is 3. The van der Waals surface area contributed by atoms with Crippen molar-refractivity contribution in [2.75, 3.05) is 7.11 Å². The molecule has 0 fully saturated rings. The van der Waals surface area contributed by atoms with Crippen molar-refractivity contribution in [3.8, 4) is 5.75 Å². The van der Waals surface area contributed by atoms with Crippen molar-refractivity contribution in [3.63, 3.8) is 0 Å². The van der Waals surface area contributed by atoms with E-state index in [1.807, 2.05) is 24.3 Å². The molecule has 5 heteroatoms. The van der Waals surface area contributed by atoms with E-state index in [1.165, 1.54) is 18.5 Å². The van der Waals surface area contributed by atoms with Crippen LogP contribution in [0.5, 0.6) is 5.75 Å². The van der Waals surface area contributed by atoms with Gasteiger partial charge in [-0.05, 0) is 52.9 Å². The van der Waals surface area contributed by atoms with Crippen LogP contribution in [0.3, 0.4) is 0 Å². The van der Waals surface area contributed by atoms with Gasteiger partial charge in [-0.1, -0.05) is 12.1 Å². The molecule has 0 amide bonds. The number of hydrogen-bond donors (Lipinski definition) is 0. The van der Waals surface area contributed by atoms with E-state index in [9.17, 15) is 0 Å². The number of aromatic nitrogens is 2. The molecule has 0 N–H and O–H groups in total. The molecule has 1 aliphatic heterocycles. The molecule has 0 saturated carbocycles. The molecular formula is C16H19BrN2O2. The SMILES string of the molecule is COc1ccc(COCc2nn3c(c2Br)CCCC3)cc1. The maximum Gasteiger partial charge on any atom is 0.118 e. The number of nitrogens with zero attached hydrogens (tertiary/aromatic N) is 2. The van der Waals surface area contributed by atoms with Crippen molar-refractivity contribution in [2.24, 2.45) is 0 Å². The Balaban J connectivity index is 1.58. The van der Waals surface area contributed by atoms with E-state index < -0.39 is 0 Å². The monoisotopic (exact) mass is 350 g/mol. The third-order valence-electron chi connectivity index (χ3n) is 3.76. The standard InChI is InChI=1S/C16H19BrN2O2/c1-20-13-7-5-12(6-8-13)10-21-11-14-16(17)15-4-2-3-9-19(15)18-14/h5-8H,2-4,9-11H2,1H3. The van der Waals surface area contributed by atoms with Crippen molar-refractivity contribution < 1.29 is 9.47 Å². The molecule has 0 aliphatic carbocycles. The Morgan fingerprint density at radius 2 is 2.00 bits per heavy atom. The highest BCUT2D eigenvalue weighted by molar-refractivity contribution is 9.10. The van der Waals surface area contributed by atoms with Gasteiger partial charge in [-0.15, -0.1) is 0 Å². The minimum absolute atomic E-state index is 0.534. The summed E-state index contributed by atoms with van der Waals surface area (Å²) in [7, 11) is 1.67. The van der Waals surface area contributed by atoms with Crippen LogP contribution < -0.4 is 4.74 Å². The van der Waals surface area contributed by atoms with Gasteiger partial charge in [0.2, 0.25) is 0 Å². The molecule has 1 aliphatic rings. The zero-order valence-electron chi connectivity index (χ0n) is 12.1.